The fourth-order valence-corrected chi connectivity index (χ4v) is 1.25. The minimum atomic E-state index is 0.0426. The lowest BCUT2D eigenvalue weighted by molar-refractivity contribution is 0.0827. The van der Waals surface area contributed by atoms with Gasteiger partial charge in [-0.05, 0) is 24.1 Å². The first-order chi connectivity index (χ1) is 7.15. The van der Waals surface area contributed by atoms with E-state index in [1.165, 1.54) is 0 Å². The van der Waals surface area contributed by atoms with Crippen molar-refractivity contribution >= 4 is 12.0 Å². The molecule has 1 aromatic rings. The normalized spacial score (nSPS) is 10.6. The van der Waals surface area contributed by atoms with Crippen molar-refractivity contribution in [3.8, 4) is 0 Å². The van der Waals surface area contributed by atoms with Crippen molar-refractivity contribution in [3.05, 3.63) is 41.5 Å². The quantitative estimate of drug-likeness (QED) is 0.739. The standard InChI is InChI=1S/C13H17NO/c1-4-5-6-11-7-9-12(10-8-11)13(15)14(2)3/h5-10H,4H2,1-3H3/b6-5+. The Morgan fingerprint density at radius 1 is 1.27 bits per heavy atom. The SMILES string of the molecule is CC/C=C/c1ccc(C(=O)N(C)C)cc1. The molecule has 1 amide bonds. The maximum atomic E-state index is 11.6. The van der Waals surface area contributed by atoms with Crippen LogP contribution in [0.25, 0.3) is 6.08 Å². The molecule has 0 aromatic heterocycles. The summed E-state index contributed by atoms with van der Waals surface area (Å²) in [4.78, 5) is 13.2. The summed E-state index contributed by atoms with van der Waals surface area (Å²) in [5, 5.41) is 0. The van der Waals surface area contributed by atoms with Crippen molar-refractivity contribution < 1.29 is 4.79 Å². The molecule has 0 unspecified atom stereocenters. The average Bonchev–Trinajstić information content (AvgIpc) is 2.26. The van der Waals surface area contributed by atoms with Crippen molar-refractivity contribution in [2.45, 2.75) is 13.3 Å². The molecule has 0 N–H and O–H groups in total. The van der Waals surface area contributed by atoms with Gasteiger partial charge in [-0.2, -0.15) is 0 Å². The van der Waals surface area contributed by atoms with Crippen LogP contribution in [0.1, 0.15) is 29.3 Å². The van der Waals surface area contributed by atoms with E-state index < -0.39 is 0 Å². The van der Waals surface area contributed by atoms with Crippen LogP contribution in [-0.4, -0.2) is 24.9 Å². The van der Waals surface area contributed by atoms with Gasteiger partial charge in [-0.15, -0.1) is 0 Å². The Labute approximate surface area is 91.2 Å². The fraction of sp³-hybridized carbons (Fsp3) is 0.308. The molecule has 0 atom stereocenters. The molecule has 1 aromatic carbocycles. The van der Waals surface area contributed by atoms with Gasteiger partial charge >= 0.3 is 0 Å². The number of hydrogen-bond donors (Lipinski definition) is 0. The monoisotopic (exact) mass is 203 g/mol. The lowest BCUT2D eigenvalue weighted by Crippen LogP contribution is -2.21. The highest BCUT2D eigenvalue weighted by Crippen LogP contribution is 2.08. The number of hydrogen-bond acceptors (Lipinski definition) is 1. The summed E-state index contributed by atoms with van der Waals surface area (Å²) in [5.41, 5.74) is 1.86. The summed E-state index contributed by atoms with van der Waals surface area (Å²) in [7, 11) is 3.51. The van der Waals surface area contributed by atoms with E-state index in [4.69, 9.17) is 0 Å². The molecular formula is C13H17NO. The first kappa shape index (κ1) is 11.5. The minimum absolute atomic E-state index is 0.0426. The van der Waals surface area contributed by atoms with Crippen LogP contribution < -0.4 is 0 Å². The maximum absolute atomic E-state index is 11.6. The van der Waals surface area contributed by atoms with Crippen molar-refractivity contribution in [2.24, 2.45) is 0 Å². The summed E-state index contributed by atoms with van der Waals surface area (Å²) in [6.07, 6.45) is 5.19. The van der Waals surface area contributed by atoms with Gasteiger partial charge in [0.15, 0.2) is 0 Å². The average molecular weight is 203 g/mol. The lowest BCUT2D eigenvalue weighted by Gasteiger charge is -2.09. The van der Waals surface area contributed by atoms with Crippen LogP contribution in [-0.2, 0) is 0 Å². The van der Waals surface area contributed by atoms with Gasteiger partial charge in [0, 0.05) is 19.7 Å². The van der Waals surface area contributed by atoms with Gasteiger partial charge in [0.2, 0.25) is 0 Å². The van der Waals surface area contributed by atoms with Gasteiger partial charge in [0.1, 0.15) is 0 Å². The largest absolute Gasteiger partial charge is 0.345 e. The molecule has 0 saturated heterocycles. The number of carbonyl (C=O) groups is 1. The second kappa shape index (κ2) is 5.35. The molecule has 0 aliphatic rings. The highest BCUT2D eigenvalue weighted by atomic mass is 16.2. The van der Waals surface area contributed by atoms with Crippen LogP contribution in [0.2, 0.25) is 0 Å². The number of allylic oxidation sites excluding steroid dienone is 1. The molecule has 2 heteroatoms. The third-order valence-corrected chi connectivity index (χ3v) is 2.11. The van der Waals surface area contributed by atoms with Crippen LogP contribution in [0, 0.1) is 0 Å². The molecule has 15 heavy (non-hydrogen) atoms. The minimum Gasteiger partial charge on any atom is -0.345 e. The third kappa shape index (κ3) is 3.24. The van der Waals surface area contributed by atoms with Crippen molar-refractivity contribution in [1.29, 1.82) is 0 Å². The summed E-state index contributed by atoms with van der Waals surface area (Å²) < 4.78 is 0. The first-order valence-corrected chi connectivity index (χ1v) is 5.13. The van der Waals surface area contributed by atoms with Gasteiger partial charge in [0.05, 0.1) is 0 Å². The molecule has 0 saturated carbocycles. The van der Waals surface area contributed by atoms with Crippen LogP contribution in [0.5, 0.6) is 0 Å². The van der Waals surface area contributed by atoms with Gasteiger partial charge in [-0.1, -0.05) is 31.2 Å². The van der Waals surface area contributed by atoms with Gasteiger partial charge < -0.3 is 4.90 Å². The van der Waals surface area contributed by atoms with E-state index in [0.29, 0.717) is 0 Å². The molecule has 2 nitrogen and oxygen atoms in total. The second-order valence-corrected chi connectivity index (χ2v) is 3.63. The summed E-state index contributed by atoms with van der Waals surface area (Å²) in [5.74, 6) is 0.0426. The van der Waals surface area contributed by atoms with Gasteiger partial charge in [-0.25, -0.2) is 0 Å². The molecule has 0 fully saturated rings. The van der Waals surface area contributed by atoms with E-state index in [1.807, 2.05) is 24.3 Å². The Morgan fingerprint density at radius 2 is 1.87 bits per heavy atom. The summed E-state index contributed by atoms with van der Waals surface area (Å²) >= 11 is 0. The molecule has 80 valence electrons. The molecule has 0 aliphatic carbocycles. The molecule has 0 spiro atoms. The van der Waals surface area contributed by atoms with Crippen molar-refractivity contribution in [2.75, 3.05) is 14.1 Å². The van der Waals surface area contributed by atoms with Gasteiger partial charge in [0.25, 0.3) is 5.91 Å². The van der Waals surface area contributed by atoms with Crippen LogP contribution in [0.4, 0.5) is 0 Å². The molecule has 1 rings (SSSR count). The Balaban J connectivity index is 2.81. The highest BCUT2D eigenvalue weighted by Gasteiger charge is 2.05. The van der Waals surface area contributed by atoms with Gasteiger partial charge in [-0.3, -0.25) is 4.79 Å². The van der Waals surface area contributed by atoms with E-state index in [1.54, 1.807) is 19.0 Å². The Bertz CT molecular complexity index is 349. The zero-order valence-electron chi connectivity index (χ0n) is 9.53. The first-order valence-electron chi connectivity index (χ1n) is 5.13. The number of amides is 1. The van der Waals surface area contributed by atoms with Crippen LogP contribution >= 0.6 is 0 Å². The fourth-order valence-electron chi connectivity index (χ4n) is 1.25. The Hall–Kier alpha value is -1.57. The number of rotatable bonds is 3. The topological polar surface area (TPSA) is 20.3 Å². The number of carbonyl (C=O) groups excluding carboxylic acids is 1. The summed E-state index contributed by atoms with van der Waals surface area (Å²) in [6, 6.07) is 7.64. The molecule has 0 aliphatic heterocycles. The predicted molar refractivity (Wildman–Crippen MR) is 63.8 cm³/mol. The van der Waals surface area contributed by atoms with E-state index in [9.17, 15) is 4.79 Å². The highest BCUT2D eigenvalue weighted by molar-refractivity contribution is 5.94. The van der Waals surface area contributed by atoms with E-state index >= 15 is 0 Å². The maximum Gasteiger partial charge on any atom is 0.253 e. The van der Waals surface area contributed by atoms with Crippen LogP contribution in [0.15, 0.2) is 30.3 Å². The smallest absolute Gasteiger partial charge is 0.253 e. The molecule has 0 heterocycles. The number of nitrogens with zero attached hydrogens (tertiary/aromatic N) is 1. The Morgan fingerprint density at radius 3 is 2.33 bits per heavy atom. The third-order valence-electron chi connectivity index (χ3n) is 2.11. The van der Waals surface area contributed by atoms with E-state index in [0.717, 1.165) is 17.5 Å². The molecule has 0 radical (unpaired) electrons. The van der Waals surface area contributed by atoms with Crippen molar-refractivity contribution in [1.82, 2.24) is 4.90 Å². The number of benzene rings is 1. The zero-order valence-corrected chi connectivity index (χ0v) is 9.53. The lowest BCUT2D eigenvalue weighted by atomic mass is 10.1. The van der Waals surface area contributed by atoms with E-state index in [2.05, 4.69) is 19.1 Å². The summed E-state index contributed by atoms with van der Waals surface area (Å²) in [6.45, 7) is 2.10. The molecular weight excluding hydrogens is 186 g/mol. The molecule has 0 bridgehead atoms. The van der Waals surface area contributed by atoms with Crippen molar-refractivity contribution in [3.63, 3.8) is 0 Å². The van der Waals surface area contributed by atoms with Crippen LogP contribution in [0.3, 0.4) is 0 Å². The Kier molecular flexibility index (Phi) is 4.10. The van der Waals surface area contributed by atoms with E-state index in [-0.39, 0.29) is 5.91 Å². The second-order valence-electron chi connectivity index (χ2n) is 3.63. The predicted octanol–water partition coefficient (Wildman–Crippen LogP) is 2.81. The zero-order chi connectivity index (χ0) is 11.3.